The normalized spacial score (nSPS) is 16.4. The molecule has 9 heteroatoms. The van der Waals surface area contributed by atoms with Crippen LogP contribution in [0, 0.1) is 5.92 Å². The summed E-state index contributed by atoms with van der Waals surface area (Å²) in [5.41, 5.74) is 0.896. The standard InChI is InChI=1S/C17H24N2O6S/c1-4-18(11-12(2)3)16(20)13-7-9-19(10-8-13)26(23,24)15-6-5-14(25-15)17(21)22/h5-6,13H,2,4,7-11H2,1,3H3,(H,21,22). The van der Waals surface area contributed by atoms with Crippen molar-refractivity contribution in [2.45, 2.75) is 31.8 Å². The molecule has 1 aliphatic heterocycles. The molecule has 0 aromatic carbocycles. The maximum absolute atomic E-state index is 12.6. The largest absolute Gasteiger partial charge is 0.475 e. The molecule has 2 heterocycles. The van der Waals surface area contributed by atoms with Gasteiger partial charge in [-0.15, -0.1) is 0 Å². The number of hydrogen-bond donors (Lipinski definition) is 1. The first-order valence-electron chi connectivity index (χ1n) is 8.43. The molecule has 1 aliphatic rings. The Morgan fingerprint density at radius 1 is 1.35 bits per heavy atom. The van der Waals surface area contributed by atoms with Crippen molar-refractivity contribution in [1.82, 2.24) is 9.21 Å². The Bertz CT molecular complexity index is 790. The van der Waals surface area contributed by atoms with Gasteiger partial charge in [-0.25, -0.2) is 13.2 Å². The fourth-order valence-electron chi connectivity index (χ4n) is 2.97. The first-order chi connectivity index (χ1) is 12.2. The highest BCUT2D eigenvalue weighted by molar-refractivity contribution is 7.89. The third kappa shape index (κ3) is 4.34. The molecule has 0 unspecified atom stereocenters. The zero-order chi connectivity index (χ0) is 19.5. The van der Waals surface area contributed by atoms with E-state index in [1.54, 1.807) is 4.90 Å². The van der Waals surface area contributed by atoms with Crippen LogP contribution in [0.5, 0.6) is 0 Å². The van der Waals surface area contributed by atoms with Crippen LogP contribution in [0.2, 0.25) is 0 Å². The number of hydrogen-bond acceptors (Lipinski definition) is 5. The Balaban J connectivity index is 2.03. The molecule has 1 fully saturated rings. The van der Waals surface area contributed by atoms with Crippen molar-refractivity contribution in [3.05, 3.63) is 30.0 Å². The van der Waals surface area contributed by atoms with Gasteiger partial charge in [-0.2, -0.15) is 4.31 Å². The summed E-state index contributed by atoms with van der Waals surface area (Å²) in [6.45, 7) is 9.04. The molecule has 1 saturated heterocycles. The lowest BCUT2D eigenvalue weighted by atomic mass is 9.96. The van der Waals surface area contributed by atoms with Gasteiger partial charge in [0.1, 0.15) is 0 Å². The molecule has 26 heavy (non-hydrogen) atoms. The van der Waals surface area contributed by atoms with Crippen molar-refractivity contribution in [2.24, 2.45) is 5.92 Å². The Hall–Kier alpha value is -2.13. The van der Waals surface area contributed by atoms with E-state index in [1.165, 1.54) is 4.31 Å². The molecule has 0 saturated carbocycles. The second-order valence-electron chi connectivity index (χ2n) is 6.41. The zero-order valence-corrected chi connectivity index (χ0v) is 15.8. The van der Waals surface area contributed by atoms with E-state index in [0.29, 0.717) is 25.9 Å². The van der Waals surface area contributed by atoms with E-state index in [1.807, 2.05) is 13.8 Å². The lowest BCUT2D eigenvalue weighted by Gasteiger charge is -2.33. The van der Waals surface area contributed by atoms with Gasteiger partial charge in [-0.3, -0.25) is 4.79 Å². The number of nitrogens with zero attached hydrogens (tertiary/aromatic N) is 2. The fourth-order valence-corrected chi connectivity index (χ4v) is 4.35. The molecular formula is C17H24N2O6S. The molecule has 0 spiro atoms. The number of furan rings is 1. The lowest BCUT2D eigenvalue weighted by Crippen LogP contribution is -2.44. The van der Waals surface area contributed by atoms with Crippen LogP contribution in [0.1, 0.15) is 37.2 Å². The molecule has 0 bridgehead atoms. The van der Waals surface area contributed by atoms with Gasteiger partial charge in [-0.05, 0) is 38.8 Å². The van der Waals surface area contributed by atoms with Crippen molar-refractivity contribution in [2.75, 3.05) is 26.2 Å². The summed E-state index contributed by atoms with van der Waals surface area (Å²) in [5, 5.41) is 8.47. The number of carbonyl (C=O) groups is 2. The minimum Gasteiger partial charge on any atom is -0.475 e. The van der Waals surface area contributed by atoms with E-state index < -0.39 is 26.8 Å². The number of likely N-dealkylation sites (N-methyl/N-ethyl adjacent to an activating group) is 1. The summed E-state index contributed by atoms with van der Waals surface area (Å²) in [6.07, 6.45) is 0.828. The molecule has 0 aliphatic carbocycles. The lowest BCUT2D eigenvalue weighted by molar-refractivity contribution is -0.136. The summed E-state index contributed by atoms with van der Waals surface area (Å²) >= 11 is 0. The first-order valence-corrected chi connectivity index (χ1v) is 9.87. The number of carbonyl (C=O) groups excluding carboxylic acids is 1. The van der Waals surface area contributed by atoms with Crippen LogP contribution < -0.4 is 0 Å². The summed E-state index contributed by atoms with van der Waals surface area (Å²) in [6, 6.07) is 2.25. The van der Waals surface area contributed by atoms with Gasteiger partial charge in [-0.1, -0.05) is 12.2 Å². The van der Waals surface area contributed by atoms with Crippen LogP contribution in [-0.2, 0) is 14.8 Å². The Morgan fingerprint density at radius 3 is 2.42 bits per heavy atom. The fraction of sp³-hybridized carbons (Fsp3) is 0.529. The number of piperidine rings is 1. The smallest absolute Gasteiger partial charge is 0.371 e. The van der Waals surface area contributed by atoms with E-state index in [-0.39, 0.29) is 24.9 Å². The molecule has 1 N–H and O–H groups in total. The summed E-state index contributed by atoms with van der Waals surface area (Å²) in [7, 11) is -3.90. The monoisotopic (exact) mass is 384 g/mol. The number of rotatable bonds is 7. The summed E-state index contributed by atoms with van der Waals surface area (Å²) < 4.78 is 31.3. The summed E-state index contributed by atoms with van der Waals surface area (Å²) in [5.74, 6) is -1.97. The minimum absolute atomic E-state index is 0.0127. The third-order valence-electron chi connectivity index (χ3n) is 4.34. The highest BCUT2D eigenvalue weighted by atomic mass is 32.2. The van der Waals surface area contributed by atoms with Gasteiger partial charge in [0.15, 0.2) is 0 Å². The van der Waals surface area contributed by atoms with Crippen LogP contribution in [0.4, 0.5) is 0 Å². The van der Waals surface area contributed by atoms with Gasteiger partial charge in [0, 0.05) is 32.1 Å². The summed E-state index contributed by atoms with van der Waals surface area (Å²) in [4.78, 5) is 25.2. The van der Waals surface area contributed by atoms with E-state index >= 15 is 0 Å². The molecule has 1 aromatic rings. The topological polar surface area (TPSA) is 108 Å². The highest BCUT2D eigenvalue weighted by Crippen LogP contribution is 2.26. The number of carboxylic acid groups (broad SMARTS) is 1. The average molecular weight is 384 g/mol. The predicted molar refractivity (Wildman–Crippen MR) is 94.2 cm³/mol. The van der Waals surface area contributed by atoms with Crippen molar-refractivity contribution in [3.8, 4) is 0 Å². The second-order valence-corrected chi connectivity index (χ2v) is 8.28. The van der Waals surface area contributed by atoms with Crippen molar-refractivity contribution < 1.29 is 27.5 Å². The highest BCUT2D eigenvalue weighted by Gasteiger charge is 2.35. The van der Waals surface area contributed by atoms with Crippen LogP contribution in [0.15, 0.2) is 33.8 Å². The van der Waals surface area contributed by atoms with Crippen LogP contribution in [0.3, 0.4) is 0 Å². The first kappa shape index (κ1) is 20.2. The molecule has 1 amide bonds. The number of aromatic carboxylic acids is 1. The number of amides is 1. The average Bonchev–Trinajstić information content (AvgIpc) is 3.10. The van der Waals surface area contributed by atoms with Crippen LogP contribution in [-0.4, -0.2) is 60.8 Å². The number of carboxylic acids is 1. The van der Waals surface area contributed by atoms with Gasteiger partial charge >= 0.3 is 5.97 Å². The molecule has 144 valence electrons. The van der Waals surface area contributed by atoms with E-state index in [4.69, 9.17) is 9.52 Å². The molecule has 2 rings (SSSR count). The predicted octanol–water partition coefficient (Wildman–Crippen LogP) is 1.80. The molecule has 0 radical (unpaired) electrons. The van der Waals surface area contributed by atoms with Gasteiger partial charge < -0.3 is 14.4 Å². The second kappa shape index (κ2) is 8.05. The van der Waals surface area contributed by atoms with E-state index in [2.05, 4.69) is 6.58 Å². The van der Waals surface area contributed by atoms with E-state index in [9.17, 15) is 18.0 Å². The maximum atomic E-state index is 12.6. The Labute approximate surface area is 153 Å². The van der Waals surface area contributed by atoms with Crippen molar-refractivity contribution in [3.63, 3.8) is 0 Å². The SMILES string of the molecule is C=C(C)CN(CC)C(=O)C1CCN(S(=O)(=O)c2ccc(C(=O)O)o2)CC1. The zero-order valence-electron chi connectivity index (χ0n) is 15.0. The van der Waals surface area contributed by atoms with E-state index in [0.717, 1.165) is 17.7 Å². The molecular weight excluding hydrogens is 360 g/mol. The minimum atomic E-state index is -3.90. The van der Waals surface area contributed by atoms with Crippen LogP contribution in [0.25, 0.3) is 0 Å². The molecule has 1 aromatic heterocycles. The maximum Gasteiger partial charge on any atom is 0.371 e. The third-order valence-corrected chi connectivity index (χ3v) is 6.12. The molecule has 0 atom stereocenters. The van der Waals surface area contributed by atoms with Gasteiger partial charge in [0.05, 0.1) is 0 Å². The van der Waals surface area contributed by atoms with Crippen molar-refractivity contribution in [1.29, 1.82) is 0 Å². The van der Waals surface area contributed by atoms with Gasteiger partial charge in [0.2, 0.25) is 16.8 Å². The Morgan fingerprint density at radius 2 is 1.96 bits per heavy atom. The molecule has 8 nitrogen and oxygen atoms in total. The van der Waals surface area contributed by atoms with Crippen LogP contribution >= 0.6 is 0 Å². The quantitative estimate of drug-likeness (QED) is 0.718. The number of sulfonamides is 1. The Kier molecular flexibility index (Phi) is 6.25. The van der Waals surface area contributed by atoms with Gasteiger partial charge in [0.25, 0.3) is 10.0 Å². The van der Waals surface area contributed by atoms with Crippen molar-refractivity contribution >= 4 is 21.9 Å².